The van der Waals surface area contributed by atoms with E-state index in [1.165, 1.54) is 61.9 Å². The molecule has 0 aliphatic heterocycles. The maximum absolute atomic E-state index is 6.57. The van der Waals surface area contributed by atoms with Crippen LogP contribution < -0.4 is 0 Å². The van der Waals surface area contributed by atoms with Gasteiger partial charge in [-0.1, -0.05) is 30.9 Å². The number of aromatic nitrogens is 3. The van der Waals surface area contributed by atoms with Crippen LogP contribution in [0.3, 0.4) is 0 Å². The first-order valence-electron chi connectivity index (χ1n) is 7.90. The van der Waals surface area contributed by atoms with Crippen molar-refractivity contribution in [2.45, 2.75) is 63.7 Å². The number of fused-ring (bicyclic) bond motifs is 2. The first kappa shape index (κ1) is 12.6. The zero-order valence-electron chi connectivity index (χ0n) is 11.7. The molecule has 4 heteroatoms. The average molecular weight is 290 g/mol. The number of hydrogen-bond donors (Lipinski definition) is 0. The van der Waals surface area contributed by atoms with E-state index in [1.807, 2.05) is 4.52 Å². The van der Waals surface area contributed by atoms with Crippen molar-refractivity contribution < 1.29 is 0 Å². The third-order valence-corrected chi connectivity index (χ3v) is 5.24. The molecule has 0 spiro atoms. The molecule has 2 aromatic rings. The molecule has 106 valence electrons. The summed E-state index contributed by atoms with van der Waals surface area (Å²) in [5, 5.41) is 5.56. The summed E-state index contributed by atoms with van der Waals surface area (Å²) in [5.74, 6) is 0.610. The molecule has 1 saturated carbocycles. The van der Waals surface area contributed by atoms with Gasteiger partial charge in [0.15, 0.2) is 5.65 Å². The lowest BCUT2D eigenvalue weighted by Gasteiger charge is -2.19. The molecule has 20 heavy (non-hydrogen) atoms. The summed E-state index contributed by atoms with van der Waals surface area (Å²) in [4.78, 5) is 4.81. The Morgan fingerprint density at radius 1 is 1.05 bits per heavy atom. The van der Waals surface area contributed by atoms with Gasteiger partial charge < -0.3 is 0 Å². The standard InChI is InChI=1S/C16H20ClN3/c17-16-12-8-4-5-9-13(12)18-15-10-14(19-20(15)16)11-6-2-1-3-7-11/h10-11H,1-9H2. The van der Waals surface area contributed by atoms with Gasteiger partial charge in [0, 0.05) is 23.2 Å². The van der Waals surface area contributed by atoms with Crippen molar-refractivity contribution in [1.82, 2.24) is 14.6 Å². The third-order valence-electron chi connectivity index (χ3n) is 4.86. The van der Waals surface area contributed by atoms with E-state index >= 15 is 0 Å². The fourth-order valence-corrected chi connectivity index (χ4v) is 4.04. The highest BCUT2D eigenvalue weighted by Gasteiger charge is 2.22. The Kier molecular flexibility index (Phi) is 3.18. The molecule has 2 heterocycles. The molecule has 0 N–H and O–H groups in total. The zero-order chi connectivity index (χ0) is 13.5. The van der Waals surface area contributed by atoms with Gasteiger partial charge in [0.1, 0.15) is 5.15 Å². The fraction of sp³-hybridized carbons (Fsp3) is 0.625. The van der Waals surface area contributed by atoms with Crippen LogP contribution in [0.4, 0.5) is 0 Å². The van der Waals surface area contributed by atoms with Crippen molar-refractivity contribution in [3.8, 4) is 0 Å². The van der Waals surface area contributed by atoms with Gasteiger partial charge in [0.25, 0.3) is 0 Å². The summed E-state index contributed by atoms with van der Waals surface area (Å²) in [6.07, 6.45) is 11.1. The Labute approximate surface area is 124 Å². The van der Waals surface area contributed by atoms with Gasteiger partial charge in [0.2, 0.25) is 0 Å². The van der Waals surface area contributed by atoms with Gasteiger partial charge in [-0.3, -0.25) is 0 Å². The minimum Gasteiger partial charge on any atom is -0.233 e. The second kappa shape index (κ2) is 5.03. The molecule has 0 radical (unpaired) electrons. The van der Waals surface area contributed by atoms with E-state index in [-0.39, 0.29) is 0 Å². The topological polar surface area (TPSA) is 30.2 Å². The van der Waals surface area contributed by atoms with Crippen LogP contribution in [0.2, 0.25) is 5.15 Å². The smallest absolute Gasteiger partial charge is 0.157 e. The quantitative estimate of drug-likeness (QED) is 0.732. The number of hydrogen-bond acceptors (Lipinski definition) is 2. The van der Waals surface area contributed by atoms with Gasteiger partial charge in [-0.15, -0.1) is 0 Å². The molecule has 0 atom stereocenters. The van der Waals surface area contributed by atoms with Crippen LogP contribution in [-0.4, -0.2) is 14.6 Å². The van der Waals surface area contributed by atoms with Crippen LogP contribution in [0.5, 0.6) is 0 Å². The summed E-state index contributed by atoms with van der Waals surface area (Å²) < 4.78 is 1.87. The summed E-state index contributed by atoms with van der Waals surface area (Å²) in [7, 11) is 0. The Morgan fingerprint density at radius 3 is 2.70 bits per heavy atom. The first-order chi connectivity index (χ1) is 9.83. The summed E-state index contributed by atoms with van der Waals surface area (Å²) in [5.41, 5.74) is 4.56. The molecule has 0 aromatic carbocycles. The van der Waals surface area contributed by atoms with Crippen molar-refractivity contribution >= 4 is 17.2 Å². The summed E-state index contributed by atoms with van der Waals surface area (Å²) >= 11 is 6.57. The van der Waals surface area contributed by atoms with Crippen molar-refractivity contribution in [1.29, 1.82) is 0 Å². The van der Waals surface area contributed by atoms with E-state index in [2.05, 4.69) is 6.07 Å². The Balaban J connectivity index is 1.80. The molecule has 3 nitrogen and oxygen atoms in total. The van der Waals surface area contributed by atoms with Crippen molar-refractivity contribution in [2.75, 3.05) is 0 Å². The lowest BCUT2D eigenvalue weighted by Crippen LogP contribution is -2.10. The number of aryl methyl sites for hydroxylation is 1. The normalized spacial score (nSPS) is 20.2. The van der Waals surface area contributed by atoms with Crippen LogP contribution in [-0.2, 0) is 12.8 Å². The van der Waals surface area contributed by atoms with Crippen molar-refractivity contribution in [2.24, 2.45) is 0 Å². The monoisotopic (exact) mass is 289 g/mol. The number of rotatable bonds is 1. The SMILES string of the molecule is Clc1c2c(nc3cc(C4CCCCC4)nn13)CCCC2. The molecule has 2 aliphatic rings. The molecule has 0 unspecified atom stereocenters. The van der Waals surface area contributed by atoms with Gasteiger partial charge in [-0.2, -0.15) is 5.10 Å². The van der Waals surface area contributed by atoms with Crippen LogP contribution in [0.25, 0.3) is 5.65 Å². The highest BCUT2D eigenvalue weighted by Crippen LogP contribution is 2.34. The molecule has 0 saturated heterocycles. The van der Waals surface area contributed by atoms with Crippen molar-refractivity contribution in [3.05, 3.63) is 28.2 Å². The highest BCUT2D eigenvalue weighted by molar-refractivity contribution is 6.30. The van der Waals surface area contributed by atoms with Gasteiger partial charge in [-0.25, -0.2) is 9.50 Å². The summed E-state index contributed by atoms with van der Waals surface area (Å²) in [6, 6.07) is 2.16. The number of halogens is 1. The molecule has 2 aliphatic carbocycles. The maximum Gasteiger partial charge on any atom is 0.157 e. The Morgan fingerprint density at radius 2 is 1.85 bits per heavy atom. The first-order valence-corrected chi connectivity index (χ1v) is 8.27. The molecule has 0 amide bonds. The van der Waals surface area contributed by atoms with E-state index < -0.39 is 0 Å². The third kappa shape index (κ3) is 2.03. The van der Waals surface area contributed by atoms with Crippen molar-refractivity contribution in [3.63, 3.8) is 0 Å². The van der Waals surface area contributed by atoms with E-state index in [9.17, 15) is 0 Å². The number of nitrogens with zero attached hydrogens (tertiary/aromatic N) is 3. The highest BCUT2D eigenvalue weighted by atomic mass is 35.5. The largest absolute Gasteiger partial charge is 0.233 e. The lowest BCUT2D eigenvalue weighted by atomic mass is 9.87. The van der Waals surface area contributed by atoms with Gasteiger partial charge in [0.05, 0.1) is 5.69 Å². The molecular formula is C16H20ClN3. The maximum atomic E-state index is 6.57. The minimum atomic E-state index is 0.610. The van der Waals surface area contributed by atoms with Gasteiger partial charge >= 0.3 is 0 Å². The molecule has 4 rings (SSSR count). The zero-order valence-corrected chi connectivity index (χ0v) is 12.5. The fourth-order valence-electron chi connectivity index (χ4n) is 3.71. The minimum absolute atomic E-state index is 0.610. The van der Waals surface area contributed by atoms with Crippen LogP contribution in [0, 0.1) is 0 Å². The van der Waals surface area contributed by atoms with E-state index in [0.717, 1.165) is 23.6 Å². The Hall–Kier alpha value is -1.09. The van der Waals surface area contributed by atoms with E-state index in [4.69, 9.17) is 21.7 Å². The lowest BCUT2D eigenvalue weighted by molar-refractivity contribution is 0.435. The van der Waals surface area contributed by atoms with Crippen LogP contribution in [0.1, 0.15) is 67.8 Å². The molecule has 1 fully saturated rings. The van der Waals surface area contributed by atoms with Crippen LogP contribution in [0.15, 0.2) is 6.07 Å². The van der Waals surface area contributed by atoms with E-state index in [1.54, 1.807) is 0 Å². The molecule has 2 aromatic heterocycles. The predicted molar refractivity (Wildman–Crippen MR) is 80.5 cm³/mol. The second-order valence-corrected chi connectivity index (χ2v) is 6.57. The molecule has 0 bridgehead atoms. The average Bonchev–Trinajstić information content (AvgIpc) is 2.93. The Bertz CT molecular complexity index is 641. The van der Waals surface area contributed by atoms with Gasteiger partial charge in [-0.05, 0) is 38.5 Å². The van der Waals surface area contributed by atoms with E-state index in [0.29, 0.717) is 5.92 Å². The summed E-state index contributed by atoms with van der Waals surface area (Å²) in [6.45, 7) is 0. The van der Waals surface area contributed by atoms with Crippen LogP contribution >= 0.6 is 11.6 Å². The second-order valence-electron chi connectivity index (χ2n) is 6.21. The predicted octanol–water partition coefficient (Wildman–Crippen LogP) is 4.31. The molecular weight excluding hydrogens is 270 g/mol.